The summed E-state index contributed by atoms with van der Waals surface area (Å²) in [5, 5.41) is 3.48. The van der Waals surface area contributed by atoms with Crippen molar-refractivity contribution in [1.82, 2.24) is 10.2 Å². The van der Waals surface area contributed by atoms with E-state index in [9.17, 15) is 8.42 Å². The largest absolute Gasteiger partial charge is 0.357 e. The second-order valence-corrected chi connectivity index (χ2v) is 11.3. The molecule has 0 atom stereocenters. The number of likely N-dealkylation sites (tertiary alicyclic amines) is 1. The topological polar surface area (TPSA) is 61.8 Å². The fourth-order valence-electron chi connectivity index (χ4n) is 5.02. The molecule has 3 aliphatic rings. The van der Waals surface area contributed by atoms with Crippen LogP contribution in [-0.4, -0.2) is 57.5 Å². The number of piperidine rings is 1. The summed E-state index contributed by atoms with van der Waals surface area (Å²) in [5.41, 5.74) is 0.388. The van der Waals surface area contributed by atoms with E-state index < -0.39 is 9.84 Å². The van der Waals surface area contributed by atoms with Crippen LogP contribution in [0.5, 0.6) is 0 Å². The van der Waals surface area contributed by atoms with Gasteiger partial charge in [-0.1, -0.05) is 25.7 Å². The van der Waals surface area contributed by atoms with Crippen LogP contribution in [0.3, 0.4) is 0 Å². The lowest BCUT2D eigenvalue weighted by molar-refractivity contribution is 0.115. The van der Waals surface area contributed by atoms with E-state index in [-0.39, 0.29) is 11.2 Å². The third-order valence-corrected chi connectivity index (χ3v) is 7.69. The van der Waals surface area contributed by atoms with Gasteiger partial charge in [0.1, 0.15) is 9.84 Å². The molecule has 0 aromatic carbocycles. The summed E-state index contributed by atoms with van der Waals surface area (Å²) in [6.45, 7) is 5.82. The Morgan fingerprint density at radius 2 is 1.69 bits per heavy atom. The molecule has 0 unspecified atom stereocenters. The average Bonchev–Trinajstić information content (AvgIpc) is 3.35. The molecule has 0 aromatic rings. The number of hydrogen-bond acceptors (Lipinski definition) is 3. The van der Waals surface area contributed by atoms with Gasteiger partial charge in [-0.25, -0.2) is 8.42 Å². The Hall–Kier alpha value is -0.780. The van der Waals surface area contributed by atoms with Crippen molar-refractivity contribution in [2.75, 3.05) is 38.2 Å². The average molecular weight is 384 g/mol. The van der Waals surface area contributed by atoms with E-state index in [4.69, 9.17) is 4.99 Å². The quantitative estimate of drug-likeness (QED) is 0.585. The molecule has 26 heavy (non-hydrogen) atoms. The second-order valence-electron chi connectivity index (χ2n) is 9.18. The zero-order valence-corrected chi connectivity index (χ0v) is 17.5. The van der Waals surface area contributed by atoms with E-state index in [0.717, 1.165) is 38.4 Å². The standard InChI is InChI=1S/C20H37N3O2S/c1-3-21-18(22-15-20(12-13-20)17-26(2,24)25)23-14-8-11-19(16-23)9-6-4-5-7-10-19/h3-17H2,1-2H3,(H,21,22). The van der Waals surface area contributed by atoms with Gasteiger partial charge in [0.2, 0.25) is 0 Å². The Morgan fingerprint density at radius 1 is 1.04 bits per heavy atom. The Balaban J connectivity index is 1.68. The van der Waals surface area contributed by atoms with Crippen LogP contribution in [-0.2, 0) is 9.84 Å². The van der Waals surface area contributed by atoms with Gasteiger partial charge in [0, 0.05) is 37.8 Å². The van der Waals surface area contributed by atoms with Crippen LogP contribution in [0.2, 0.25) is 0 Å². The smallest absolute Gasteiger partial charge is 0.193 e. The van der Waals surface area contributed by atoms with Gasteiger partial charge in [-0.2, -0.15) is 0 Å². The van der Waals surface area contributed by atoms with Gasteiger partial charge in [0.25, 0.3) is 0 Å². The predicted octanol–water partition coefficient (Wildman–Crippen LogP) is 3.21. The zero-order valence-electron chi connectivity index (χ0n) is 16.7. The summed E-state index contributed by atoms with van der Waals surface area (Å²) in [6, 6.07) is 0. The highest BCUT2D eigenvalue weighted by molar-refractivity contribution is 7.90. The molecule has 1 saturated heterocycles. The van der Waals surface area contributed by atoms with Crippen molar-refractivity contribution < 1.29 is 8.42 Å². The second kappa shape index (κ2) is 8.07. The molecule has 0 amide bonds. The van der Waals surface area contributed by atoms with Crippen LogP contribution in [0, 0.1) is 10.8 Å². The van der Waals surface area contributed by atoms with Crippen molar-refractivity contribution in [3.8, 4) is 0 Å². The van der Waals surface area contributed by atoms with Crippen LogP contribution in [0.4, 0.5) is 0 Å². The van der Waals surface area contributed by atoms with Crippen LogP contribution >= 0.6 is 0 Å². The zero-order chi connectivity index (χ0) is 18.7. The van der Waals surface area contributed by atoms with Crippen molar-refractivity contribution in [1.29, 1.82) is 0 Å². The Morgan fingerprint density at radius 3 is 2.27 bits per heavy atom. The molecular formula is C20H37N3O2S. The molecule has 3 rings (SSSR count). The maximum atomic E-state index is 11.7. The summed E-state index contributed by atoms with van der Waals surface area (Å²) in [6.07, 6.45) is 14.2. The third kappa shape index (κ3) is 5.37. The molecule has 5 nitrogen and oxygen atoms in total. The Bertz CT molecular complexity index is 603. The monoisotopic (exact) mass is 383 g/mol. The van der Waals surface area contributed by atoms with Crippen molar-refractivity contribution in [2.45, 2.75) is 71.1 Å². The highest BCUT2D eigenvalue weighted by atomic mass is 32.2. The van der Waals surface area contributed by atoms with Crippen LogP contribution < -0.4 is 5.32 Å². The lowest BCUT2D eigenvalue weighted by Gasteiger charge is -2.44. The van der Waals surface area contributed by atoms with Gasteiger partial charge in [0.15, 0.2) is 5.96 Å². The third-order valence-electron chi connectivity index (χ3n) is 6.55. The number of rotatable bonds is 5. The lowest BCUT2D eigenvalue weighted by Crippen LogP contribution is -2.50. The molecular weight excluding hydrogens is 346 g/mol. The molecule has 150 valence electrons. The lowest BCUT2D eigenvalue weighted by atomic mass is 9.74. The summed E-state index contributed by atoms with van der Waals surface area (Å²) >= 11 is 0. The van der Waals surface area contributed by atoms with E-state index in [1.165, 1.54) is 57.6 Å². The SMILES string of the molecule is CCNC(=NCC1(CS(C)(=O)=O)CC1)N1CCCC2(CCCCCC2)C1. The van der Waals surface area contributed by atoms with E-state index in [1.807, 2.05) is 0 Å². The van der Waals surface area contributed by atoms with Gasteiger partial charge in [-0.05, 0) is 50.9 Å². The van der Waals surface area contributed by atoms with Crippen LogP contribution in [0.15, 0.2) is 4.99 Å². The highest BCUT2D eigenvalue weighted by Gasteiger charge is 2.45. The first-order valence-electron chi connectivity index (χ1n) is 10.6. The van der Waals surface area contributed by atoms with Gasteiger partial charge in [-0.15, -0.1) is 0 Å². The summed E-state index contributed by atoms with van der Waals surface area (Å²) < 4.78 is 23.4. The van der Waals surface area contributed by atoms with Crippen molar-refractivity contribution >= 4 is 15.8 Å². The minimum absolute atomic E-state index is 0.0932. The molecule has 1 spiro atoms. The fourth-order valence-corrected chi connectivity index (χ4v) is 6.52. The van der Waals surface area contributed by atoms with Gasteiger partial charge >= 0.3 is 0 Å². The first-order valence-corrected chi connectivity index (χ1v) is 12.6. The number of hydrogen-bond donors (Lipinski definition) is 1. The van der Waals surface area contributed by atoms with Crippen LogP contribution in [0.25, 0.3) is 0 Å². The normalized spacial score (nSPS) is 25.8. The molecule has 0 radical (unpaired) electrons. The molecule has 6 heteroatoms. The number of aliphatic imine (C=N–C) groups is 1. The number of sulfone groups is 1. The molecule has 3 fully saturated rings. The van der Waals surface area contributed by atoms with E-state index in [2.05, 4.69) is 17.1 Å². The number of nitrogens with one attached hydrogen (secondary N) is 1. The molecule has 1 N–H and O–H groups in total. The minimum atomic E-state index is -2.93. The van der Waals surface area contributed by atoms with Crippen LogP contribution in [0.1, 0.15) is 71.1 Å². The molecule has 1 aliphatic heterocycles. The van der Waals surface area contributed by atoms with Gasteiger partial charge < -0.3 is 10.2 Å². The van der Waals surface area contributed by atoms with Crippen molar-refractivity contribution in [2.24, 2.45) is 15.8 Å². The minimum Gasteiger partial charge on any atom is -0.357 e. The predicted molar refractivity (Wildman–Crippen MR) is 108 cm³/mol. The van der Waals surface area contributed by atoms with Crippen molar-refractivity contribution in [3.05, 3.63) is 0 Å². The summed E-state index contributed by atoms with van der Waals surface area (Å²) in [4.78, 5) is 7.39. The molecule has 1 heterocycles. The molecule has 0 bridgehead atoms. The molecule has 2 aliphatic carbocycles. The van der Waals surface area contributed by atoms with E-state index >= 15 is 0 Å². The van der Waals surface area contributed by atoms with E-state index in [0.29, 0.717) is 12.0 Å². The first-order chi connectivity index (χ1) is 12.4. The first kappa shape index (κ1) is 20.0. The summed E-state index contributed by atoms with van der Waals surface area (Å²) in [5.74, 6) is 1.29. The fraction of sp³-hybridized carbons (Fsp3) is 0.950. The van der Waals surface area contributed by atoms with Crippen molar-refractivity contribution in [3.63, 3.8) is 0 Å². The number of guanidine groups is 1. The molecule has 2 saturated carbocycles. The number of nitrogens with zero attached hydrogens (tertiary/aromatic N) is 2. The maximum Gasteiger partial charge on any atom is 0.193 e. The molecule has 0 aromatic heterocycles. The maximum absolute atomic E-state index is 11.7. The highest BCUT2D eigenvalue weighted by Crippen LogP contribution is 2.47. The van der Waals surface area contributed by atoms with Gasteiger partial charge in [0.05, 0.1) is 5.75 Å². The summed E-state index contributed by atoms with van der Waals surface area (Å²) in [7, 11) is -2.93. The van der Waals surface area contributed by atoms with E-state index in [1.54, 1.807) is 0 Å². The van der Waals surface area contributed by atoms with Gasteiger partial charge in [-0.3, -0.25) is 4.99 Å². The Kier molecular flexibility index (Phi) is 6.20. The Labute approximate surface area is 159 Å².